The molecule has 1 atom stereocenters. The number of rotatable bonds is 8. The van der Waals surface area contributed by atoms with Gasteiger partial charge in [-0.1, -0.05) is 19.1 Å². The van der Waals surface area contributed by atoms with E-state index in [0.29, 0.717) is 18.1 Å². The summed E-state index contributed by atoms with van der Waals surface area (Å²) >= 11 is 0. The summed E-state index contributed by atoms with van der Waals surface area (Å²) < 4.78 is 10.9. The highest BCUT2D eigenvalue weighted by molar-refractivity contribution is 5.82. The maximum absolute atomic E-state index is 11.0. The van der Waals surface area contributed by atoms with Crippen molar-refractivity contribution in [2.24, 2.45) is 0 Å². The third kappa shape index (κ3) is 5.17. The summed E-state index contributed by atoms with van der Waals surface area (Å²) in [4.78, 5) is 21.9. The topological polar surface area (TPSA) is 84.9 Å². The van der Waals surface area contributed by atoms with Crippen molar-refractivity contribution in [2.75, 3.05) is 13.2 Å². The number of nitrogens with one attached hydrogen (secondary N) is 1. The highest BCUT2D eigenvalue weighted by Crippen LogP contribution is 2.26. The third-order valence-corrected chi connectivity index (χ3v) is 2.39. The lowest BCUT2D eigenvalue weighted by molar-refractivity contribution is -0.142. The van der Waals surface area contributed by atoms with E-state index in [2.05, 4.69) is 5.32 Å². The lowest BCUT2D eigenvalue weighted by Gasteiger charge is -2.16. The van der Waals surface area contributed by atoms with Gasteiger partial charge in [0.15, 0.2) is 17.5 Å². The van der Waals surface area contributed by atoms with E-state index in [1.807, 2.05) is 6.92 Å². The van der Waals surface area contributed by atoms with Gasteiger partial charge in [-0.2, -0.15) is 0 Å². The quantitative estimate of drug-likeness (QED) is 0.753. The van der Waals surface area contributed by atoms with Gasteiger partial charge in [-0.15, -0.1) is 0 Å². The van der Waals surface area contributed by atoms with Crippen LogP contribution < -0.4 is 14.8 Å². The molecule has 0 saturated carbocycles. The monoisotopic (exact) mass is 281 g/mol. The Bertz CT molecular complexity index is 461. The van der Waals surface area contributed by atoms with Crippen molar-refractivity contribution in [3.8, 4) is 11.5 Å². The Hall–Kier alpha value is -2.24. The molecule has 0 radical (unpaired) electrons. The molecule has 6 heteroatoms. The maximum Gasteiger partial charge on any atom is 0.329 e. The molecule has 1 aromatic rings. The zero-order valence-electron chi connectivity index (χ0n) is 11.6. The van der Waals surface area contributed by atoms with Crippen molar-refractivity contribution >= 4 is 11.9 Å². The lowest BCUT2D eigenvalue weighted by atomic mass is 10.3. The molecule has 0 aromatic heterocycles. The van der Waals surface area contributed by atoms with Crippen LogP contribution >= 0.6 is 0 Å². The van der Waals surface area contributed by atoms with Crippen LogP contribution in [-0.4, -0.2) is 36.2 Å². The van der Waals surface area contributed by atoms with Crippen LogP contribution in [-0.2, 0) is 9.59 Å². The maximum atomic E-state index is 11.0. The fourth-order valence-electron chi connectivity index (χ4n) is 1.49. The minimum atomic E-state index is -1.15. The highest BCUT2D eigenvalue weighted by Gasteiger charge is 2.19. The van der Waals surface area contributed by atoms with Crippen LogP contribution in [0.1, 0.15) is 20.3 Å². The van der Waals surface area contributed by atoms with Crippen molar-refractivity contribution < 1.29 is 24.2 Å². The molecule has 1 aromatic carbocycles. The van der Waals surface area contributed by atoms with Crippen LogP contribution in [0.4, 0.5) is 0 Å². The van der Waals surface area contributed by atoms with Crippen LogP contribution in [0.25, 0.3) is 0 Å². The molecule has 6 nitrogen and oxygen atoms in total. The molecule has 0 aliphatic carbocycles. The van der Waals surface area contributed by atoms with E-state index in [-0.39, 0.29) is 6.61 Å². The van der Waals surface area contributed by atoms with Crippen LogP contribution in [0.3, 0.4) is 0 Å². The molecule has 0 bridgehead atoms. The number of aliphatic carboxylic acids is 1. The first-order valence-corrected chi connectivity index (χ1v) is 6.39. The fourth-order valence-corrected chi connectivity index (χ4v) is 1.49. The number of benzene rings is 1. The molecule has 20 heavy (non-hydrogen) atoms. The van der Waals surface area contributed by atoms with Gasteiger partial charge in [-0.05, 0) is 18.6 Å². The van der Waals surface area contributed by atoms with Crippen LogP contribution in [0.5, 0.6) is 11.5 Å². The second-order valence-corrected chi connectivity index (χ2v) is 4.20. The van der Waals surface area contributed by atoms with Gasteiger partial charge in [0.2, 0.25) is 5.91 Å². The van der Waals surface area contributed by atoms with E-state index in [1.165, 1.54) is 6.92 Å². The number of hydrogen-bond acceptors (Lipinski definition) is 4. The Kier molecular flexibility index (Phi) is 6.36. The number of amides is 1. The zero-order valence-corrected chi connectivity index (χ0v) is 11.6. The second kappa shape index (κ2) is 8.04. The Morgan fingerprint density at radius 2 is 1.85 bits per heavy atom. The fraction of sp³-hybridized carbons (Fsp3) is 0.429. The number of hydrogen-bond donors (Lipinski definition) is 2. The Labute approximate surface area is 117 Å². The standard InChI is InChI=1S/C14H19NO5/c1-3-8-19-12-6-4-5-7-13(12)20-9-11(14(17)18)15-10(2)16/h4-7,11H,3,8-9H2,1-2H3,(H,15,16)(H,17,18). The first-order valence-electron chi connectivity index (χ1n) is 6.39. The molecule has 1 amide bonds. The van der Waals surface area contributed by atoms with Gasteiger partial charge in [0.05, 0.1) is 6.61 Å². The van der Waals surface area contributed by atoms with Crippen LogP contribution in [0, 0.1) is 0 Å². The van der Waals surface area contributed by atoms with Crippen molar-refractivity contribution in [2.45, 2.75) is 26.3 Å². The summed E-state index contributed by atoms with van der Waals surface area (Å²) in [5, 5.41) is 11.3. The van der Waals surface area contributed by atoms with Gasteiger partial charge in [0, 0.05) is 6.92 Å². The molecule has 1 unspecified atom stereocenters. The van der Waals surface area contributed by atoms with E-state index >= 15 is 0 Å². The molecule has 0 saturated heterocycles. The Morgan fingerprint density at radius 3 is 2.35 bits per heavy atom. The van der Waals surface area contributed by atoms with E-state index in [0.717, 1.165) is 6.42 Å². The van der Waals surface area contributed by atoms with Gasteiger partial charge < -0.3 is 19.9 Å². The number of para-hydroxylation sites is 2. The molecule has 0 fully saturated rings. The molecular formula is C14H19NO5. The molecule has 0 aliphatic heterocycles. The minimum absolute atomic E-state index is 0.165. The molecule has 1 rings (SSSR count). The molecular weight excluding hydrogens is 262 g/mol. The molecule has 110 valence electrons. The molecule has 2 N–H and O–H groups in total. The number of ether oxygens (including phenoxy) is 2. The minimum Gasteiger partial charge on any atom is -0.490 e. The Morgan fingerprint density at radius 1 is 1.25 bits per heavy atom. The largest absolute Gasteiger partial charge is 0.490 e. The summed E-state index contributed by atoms with van der Waals surface area (Å²) in [6.07, 6.45) is 0.859. The Balaban J connectivity index is 2.67. The molecule has 0 aliphatic rings. The molecule has 0 heterocycles. The normalized spacial score (nSPS) is 11.5. The van der Waals surface area contributed by atoms with E-state index in [9.17, 15) is 9.59 Å². The molecule has 0 spiro atoms. The number of carbonyl (C=O) groups is 2. The number of carboxylic acid groups (broad SMARTS) is 1. The van der Waals surface area contributed by atoms with Gasteiger partial charge >= 0.3 is 5.97 Å². The third-order valence-electron chi connectivity index (χ3n) is 2.39. The summed E-state index contributed by atoms with van der Waals surface area (Å²) in [5.41, 5.74) is 0. The summed E-state index contributed by atoms with van der Waals surface area (Å²) in [6, 6.07) is 5.92. The van der Waals surface area contributed by atoms with Crippen molar-refractivity contribution in [3.63, 3.8) is 0 Å². The summed E-state index contributed by atoms with van der Waals surface area (Å²) in [5.74, 6) is -0.553. The van der Waals surface area contributed by atoms with Crippen molar-refractivity contribution in [1.29, 1.82) is 0 Å². The second-order valence-electron chi connectivity index (χ2n) is 4.20. The predicted molar refractivity (Wildman–Crippen MR) is 73.0 cm³/mol. The average molecular weight is 281 g/mol. The first-order chi connectivity index (χ1) is 9.54. The van der Waals surface area contributed by atoms with Crippen LogP contribution in [0.2, 0.25) is 0 Å². The highest BCUT2D eigenvalue weighted by atomic mass is 16.5. The number of carboxylic acids is 1. The van der Waals surface area contributed by atoms with E-state index in [1.54, 1.807) is 24.3 Å². The average Bonchev–Trinajstić information content (AvgIpc) is 2.41. The van der Waals surface area contributed by atoms with Gasteiger partial charge in [-0.25, -0.2) is 4.79 Å². The van der Waals surface area contributed by atoms with Gasteiger partial charge in [0.25, 0.3) is 0 Å². The van der Waals surface area contributed by atoms with Gasteiger partial charge in [0.1, 0.15) is 6.61 Å². The zero-order chi connectivity index (χ0) is 15.0. The lowest BCUT2D eigenvalue weighted by Crippen LogP contribution is -2.43. The SMILES string of the molecule is CCCOc1ccccc1OCC(NC(C)=O)C(=O)O. The van der Waals surface area contributed by atoms with E-state index in [4.69, 9.17) is 14.6 Å². The predicted octanol–water partition coefficient (Wildman–Crippen LogP) is 1.44. The summed E-state index contributed by atoms with van der Waals surface area (Å²) in [7, 11) is 0. The van der Waals surface area contributed by atoms with Gasteiger partial charge in [-0.3, -0.25) is 4.79 Å². The van der Waals surface area contributed by atoms with E-state index < -0.39 is 17.9 Å². The smallest absolute Gasteiger partial charge is 0.329 e. The van der Waals surface area contributed by atoms with Crippen molar-refractivity contribution in [3.05, 3.63) is 24.3 Å². The van der Waals surface area contributed by atoms with Crippen molar-refractivity contribution in [1.82, 2.24) is 5.32 Å². The summed E-state index contributed by atoms with van der Waals surface area (Å²) in [6.45, 7) is 3.63. The van der Waals surface area contributed by atoms with Crippen LogP contribution in [0.15, 0.2) is 24.3 Å². The first kappa shape index (κ1) is 15.8. The number of carbonyl (C=O) groups excluding carboxylic acids is 1.